The minimum atomic E-state index is -0.328. The zero-order chi connectivity index (χ0) is 15.1. The predicted molar refractivity (Wildman–Crippen MR) is 98.8 cm³/mol. The lowest BCUT2D eigenvalue weighted by Crippen LogP contribution is -2.53. The summed E-state index contributed by atoms with van der Waals surface area (Å²) in [4.78, 5) is 15.2. The van der Waals surface area contributed by atoms with Gasteiger partial charge in [-0.05, 0) is 51.9 Å². The van der Waals surface area contributed by atoms with Gasteiger partial charge in [0.15, 0.2) is 0 Å². The van der Waals surface area contributed by atoms with Crippen LogP contribution >= 0.6 is 24.8 Å². The van der Waals surface area contributed by atoms with Crippen LogP contribution in [0.15, 0.2) is 0 Å². The molecule has 0 aromatic rings. The summed E-state index contributed by atoms with van der Waals surface area (Å²) in [5.74, 6) is 0.187. The number of hydrogen-bond acceptors (Lipinski definition) is 4. The SMILES string of the molecule is CCN1CCCCC1CNC(=O)C1(COC)CCNCC1.Cl.Cl. The maximum Gasteiger partial charge on any atom is 0.228 e. The highest BCUT2D eigenvalue weighted by Crippen LogP contribution is 2.29. The summed E-state index contributed by atoms with van der Waals surface area (Å²) in [6.45, 7) is 7.58. The van der Waals surface area contributed by atoms with E-state index in [9.17, 15) is 4.79 Å². The first-order valence-electron chi connectivity index (χ1n) is 8.44. The Kier molecular flexibility index (Phi) is 11.4. The molecule has 0 aliphatic carbocycles. The summed E-state index contributed by atoms with van der Waals surface area (Å²) >= 11 is 0. The molecule has 7 heteroatoms. The van der Waals surface area contributed by atoms with Crippen LogP contribution in [0.5, 0.6) is 0 Å². The summed E-state index contributed by atoms with van der Waals surface area (Å²) in [6.07, 6.45) is 5.51. The molecule has 2 heterocycles. The van der Waals surface area contributed by atoms with E-state index in [-0.39, 0.29) is 36.1 Å². The fourth-order valence-electron chi connectivity index (χ4n) is 3.72. The summed E-state index contributed by atoms with van der Waals surface area (Å²) in [5, 5.41) is 6.55. The van der Waals surface area contributed by atoms with Gasteiger partial charge in [-0.25, -0.2) is 0 Å². The Morgan fingerprint density at radius 1 is 1.30 bits per heavy atom. The highest BCUT2D eigenvalue weighted by Gasteiger charge is 2.39. The van der Waals surface area contributed by atoms with Crippen LogP contribution in [-0.4, -0.2) is 63.3 Å². The minimum Gasteiger partial charge on any atom is -0.384 e. The lowest BCUT2D eigenvalue weighted by Gasteiger charge is -2.38. The summed E-state index contributed by atoms with van der Waals surface area (Å²) < 4.78 is 5.34. The van der Waals surface area contributed by atoms with E-state index in [1.165, 1.54) is 25.8 Å². The second kappa shape index (κ2) is 11.5. The van der Waals surface area contributed by atoms with E-state index in [4.69, 9.17) is 4.74 Å². The molecule has 1 atom stereocenters. The third-order valence-electron chi connectivity index (χ3n) is 5.12. The molecule has 1 unspecified atom stereocenters. The average Bonchev–Trinajstić information content (AvgIpc) is 2.54. The van der Waals surface area contributed by atoms with Crippen LogP contribution in [0.4, 0.5) is 0 Å². The molecule has 2 saturated heterocycles. The first-order valence-corrected chi connectivity index (χ1v) is 8.44. The molecular formula is C16H33Cl2N3O2. The maximum absolute atomic E-state index is 12.7. The van der Waals surface area contributed by atoms with Gasteiger partial charge in [0, 0.05) is 19.7 Å². The normalized spacial score (nSPS) is 24.2. The molecule has 23 heavy (non-hydrogen) atoms. The van der Waals surface area contributed by atoms with E-state index in [1.807, 2.05) is 0 Å². The van der Waals surface area contributed by atoms with Gasteiger partial charge in [0.1, 0.15) is 0 Å². The molecule has 2 fully saturated rings. The van der Waals surface area contributed by atoms with Crippen LogP contribution in [0, 0.1) is 5.41 Å². The standard InChI is InChI=1S/C16H31N3O2.2ClH/c1-3-19-11-5-4-6-14(19)12-18-15(20)16(13-21-2)7-9-17-10-8-16;;/h14,17H,3-13H2,1-2H3,(H,18,20);2*1H. The van der Waals surface area contributed by atoms with Gasteiger partial charge in [-0.15, -0.1) is 24.8 Å². The van der Waals surface area contributed by atoms with Crippen molar-refractivity contribution in [2.75, 3.05) is 46.4 Å². The van der Waals surface area contributed by atoms with E-state index in [0.717, 1.165) is 39.0 Å². The smallest absolute Gasteiger partial charge is 0.228 e. The van der Waals surface area contributed by atoms with Gasteiger partial charge in [0.25, 0.3) is 0 Å². The number of carbonyl (C=O) groups excluding carboxylic acids is 1. The van der Waals surface area contributed by atoms with E-state index in [1.54, 1.807) is 7.11 Å². The summed E-state index contributed by atoms with van der Waals surface area (Å²) in [7, 11) is 1.69. The number of halogens is 2. The van der Waals surface area contributed by atoms with Crippen molar-refractivity contribution in [3.8, 4) is 0 Å². The molecule has 2 aliphatic rings. The van der Waals surface area contributed by atoms with Crippen molar-refractivity contribution in [3.63, 3.8) is 0 Å². The Morgan fingerprint density at radius 2 is 2.00 bits per heavy atom. The summed E-state index contributed by atoms with van der Waals surface area (Å²) in [6, 6.07) is 0.508. The molecule has 0 spiro atoms. The van der Waals surface area contributed by atoms with Crippen molar-refractivity contribution in [2.45, 2.75) is 45.1 Å². The van der Waals surface area contributed by atoms with Crippen LogP contribution in [0.25, 0.3) is 0 Å². The number of ether oxygens (including phenoxy) is 1. The number of likely N-dealkylation sites (tertiary alicyclic amines) is 1. The fraction of sp³-hybridized carbons (Fsp3) is 0.938. The number of hydrogen-bond donors (Lipinski definition) is 2. The molecule has 0 bridgehead atoms. The number of carbonyl (C=O) groups is 1. The topological polar surface area (TPSA) is 53.6 Å². The Balaban J connectivity index is 0.00000242. The summed E-state index contributed by atoms with van der Waals surface area (Å²) in [5.41, 5.74) is -0.328. The third-order valence-corrected chi connectivity index (χ3v) is 5.12. The van der Waals surface area contributed by atoms with Crippen molar-refractivity contribution in [1.82, 2.24) is 15.5 Å². The lowest BCUT2D eigenvalue weighted by atomic mass is 9.78. The second-order valence-corrected chi connectivity index (χ2v) is 6.45. The van der Waals surface area contributed by atoms with E-state index >= 15 is 0 Å². The number of nitrogens with zero attached hydrogens (tertiary/aromatic N) is 1. The monoisotopic (exact) mass is 369 g/mol. The molecule has 0 saturated carbocycles. The highest BCUT2D eigenvalue weighted by molar-refractivity contribution is 5.85. The van der Waals surface area contributed by atoms with Crippen molar-refractivity contribution in [1.29, 1.82) is 0 Å². The molecular weight excluding hydrogens is 337 g/mol. The number of methoxy groups -OCH3 is 1. The molecule has 138 valence electrons. The zero-order valence-corrected chi connectivity index (χ0v) is 16.1. The molecule has 0 radical (unpaired) electrons. The number of likely N-dealkylation sites (N-methyl/N-ethyl adjacent to an activating group) is 1. The van der Waals surface area contributed by atoms with Gasteiger partial charge in [-0.2, -0.15) is 0 Å². The van der Waals surface area contributed by atoms with Gasteiger partial charge in [0.05, 0.1) is 12.0 Å². The Hall–Kier alpha value is -0.0700. The van der Waals surface area contributed by atoms with Crippen LogP contribution in [0.1, 0.15) is 39.0 Å². The first-order chi connectivity index (χ1) is 10.2. The van der Waals surface area contributed by atoms with Gasteiger partial charge in [-0.3, -0.25) is 9.69 Å². The largest absolute Gasteiger partial charge is 0.384 e. The number of piperidine rings is 2. The van der Waals surface area contributed by atoms with Crippen LogP contribution < -0.4 is 10.6 Å². The molecule has 1 amide bonds. The molecule has 2 aliphatic heterocycles. The number of rotatable bonds is 6. The Bertz CT molecular complexity index is 334. The number of nitrogens with one attached hydrogen (secondary N) is 2. The molecule has 0 aromatic carbocycles. The molecule has 0 aromatic heterocycles. The van der Waals surface area contributed by atoms with Gasteiger partial charge in [0.2, 0.25) is 5.91 Å². The number of amides is 1. The Morgan fingerprint density at radius 3 is 2.61 bits per heavy atom. The van der Waals surface area contributed by atoms with Crippen LogP contribution in [0.2, 0.25) is 0 Å². The lowest BCUT2D eigenvalue weighted by molar-refractivity contribution is -0.136. The van der Waals surface area contributed by atoms with Crippen LogP contribution in [-0.2, 0) is 9.53 Å². The van der Waals surface area contributed by atoms with E-state index in [2.05, 4.69) is 22.5 Å². The zero-order valence-electron chi connectivity index (χ0n) is 14.4. The molecule has 2 N–H and O–H groups in total. The van der Waals surface area contributed by atoms with E-state index in [0.29, 0.717) is 12.6 Å². The van der Waals surface area contributed by atoms with Crippen LogP contribution in [0.3, 0.4) is 0 Å². The Labute approximate surface area is 153 Å². The van der Waals surface area contributed by atoms with Crippen molar-refractivity contribution >= 4 is 30.7 Å². The first kappa shape index (κ1) is 22.9. The van der Waals surface area contributed by atoms with Crippen molar-refractivity contribution in [2.24, 2.45) is 5.41 Å². The quantitative estimate of drug-likeness (QED) is 0.749. The van der Waals surface area contributed by atoms with Crippen molar-refractivity contribution < 1.29 is 9.53 Å². The predicted octanol–water partition coefficient (Wildman–Crippen LogP) is 1.84. The molecule has 5 nitrogen and oxygen atoms in total. The third kappa shape index (κ3) is 6.05. The highest BCUT2D eigenvalue weighted by atomic mass is 35.5. The van der Waals surface area contributed by atoms with Gasteiger partial charge < -0.3 is 15.4 Å². The minimum absolute atomic E-state index is 0. The average molecular weight is 370 g/mol. The van der Waals surface area contributed by atoms with Crippen molar-refractivity contribution in [3.05, 3.63) is 0 Å². The maximum atomic E-state index is 12.7. The van der Waals surface area contributed by atoms with E-state index < -0.39 is 0 Å². The fourth-order valence-corrected chi connectivity index (χ4v) is 3.72. The van der Waals surface area contributed by atoms with Gasteiger partial charge in [-0.1, -0.05) is 13.3 Å². The van der Waals surface area contributed by atoms with Gasteiger partial charge >= 0.3 is 0 Å². The second-order valence-electron chi connectivity index (χ2n) is 6.45. The molecule has 2 rings (SSSR count).